The van der Waals surface area contributed by atoms with Gasteiger partial charge in [0.2, 0.25) is 0 Å². The minimum atomic E-state index is 0.0281. The van der Waals surface area contributed by atoms with E-state index in [2.05, 4.69) is 16.4 Å². The van der Waals surface area contributed by atoms with Crippen molar-refractivity contribution < 1.29 is 0 Å². The van der Waals surface area contributed by atoms with Crippen LogP contribution in [0.15, 0.2) is 28.8 Å². The normalized spacial score (nSPS) is 18.8. The van der Waals surface area contributed by atoms with E-state index in [0.717, 1.165) is 25.8 Å². The molecule has 4 heteroatoms. The fourth-order valence-corrected chi connectivity index (χ4v) is 2.49. The molecule has 1 aromatic rings. The first-order valence-corrected chi connectivity index (χ1v) is 6.83. The lowest BCUT2D eigenvalue weighted by Crippen LogP contribution is -2.24. The van der Waals surface area contributed by atoms with Crippen LogP contribution in [0.5, 0.6) is 0 Å². The molecule has 96 valence electrons. The van der Waals surface area contributed by atoms with E-state index in [-0.39, 0.29) is 5.56 Å². The highest BCUT2D eigenvalue weighted by molar-refractivity contribution is 5.31. The molecule has 0 amide bonds. The van der Waals surface area contributed by atoms with Crippen molar-refractivity contribution in [2.24, 2.45) is 0 Å². The fourth-order valence-electron chi connectivity index (χ4n) is 2.49. The molecule has 0 aliphatic heterocycles. The van der Waals surface area contributed by atoms with Gasteiger partial charge in [-0.2, -0.15) is 0 Å². The number of anilines is 1. The Morgan fingerprint density at radius 3 is 3.06 bits per heavy atom. The molecule has 1 heterocycles. The topological polar surface area (TPSA) is 46.9 Å². The molecule has 0 bridgehead atoms. The Morgan fingerprint density at radius 1 is 1.44 bits per heavy atom. The van der Waals surface area contributed by atoms with Crippen LogP contribution < -0.4 is 10.9 Å². The van der Waals surface area contributed by atoms with Gasteiger partial charge in [-0.25, -0.2) is 4.98 Å². The van der Waals surface area contributed by atoms with Crippen molar-refractivity contribution in [2.45, 2.75) is 44.6 Å². The van der Waals surface area contributed by atoms with E-state index in [1.165, 1.54) is 24.8 Å². The Labute approximate surface area is 107 Å². The molecule has 0 unspecified atom stereocenters. The van der Waals surface area contributed by atoms with Crippen molar-refractivity contribution in [2.75, 3.05) is 11.9 Å². The first-order valence-electron chi connectivity index (χ1n) is 6.83. The lowest BCUT2D eigenvalue weighted by Gasteiger charge is -2.08. The van der Waals surface area contributed by atoms with Gasteiger partial charge in [-0.15, -0.1) is 0 Å². The Balaban J connectivity index is 1.61. The summed E-state index contributed by atoms with van der Waals surface area (Å²) in [5.74, 6) is 0.503. The van der Waals surface area contributed by atoms with Crippen molar-refractivity contribution in [3.63, 3.8) is 0 Å². The van der Waals surface area contributed by atoms with Gasteiger partial charge in [-0.05, 0) is 38.5 Å². The first kappa shape index (κ1) is 11.5. The maximum atomic E-state index is 12.1. The highest BCUT2D eigenvalue weighted by atomic mass is 16.1. The molecule has 18 heavy (non-hydrogen) atoms. The second-order valence-corrected chi connectivity index (χ2v) is 5.15. The van der Waals surface area contributed by atoms with Crippen LogP contribution in [0.2, 0.25) is 0 Å². The third kappa shape index (κ3) is 2.47. The molecule has 0 atom stereocenters. The summed E-state index contributed by atoms with van der Waals surface area (Å²) in [5, 5.41) is 3.18. The average molecular weight is 245 g/mol. The highest BCUT2D eigenvalue weighted by Gasteiger charge is 2.25. The number of hydrogen-bond donors (Lipinski definition) is 1. The Hall–Kier alpha value is -1.58. The first-order chi connectivity index (χ1) is 8.84. The summed E-state index contributed by atoms with van der Waals surface area (Å²) < 4.78 is 1.81. The maximum absolute atomic E-state index is 12.1. The SMILES string of the molecule is O=c1c(NCCC2=CCCC2)nccn1C1CC1. The zero-order valence-corrected chi connectivity index (χ0v) is 10.6. The number of allylic oxidation sites excluding steroid dienone is 1. The zero-order chi connectivity index (χ0) is 12.4. The third-order valence-electron chi connectivity index (χ3n) is 3.68. The van der Waals surface area contributed by atoms with Crippen LogP contribution in [0.4, 0.5) is 5.82 Å². The number of hydrogen-bond acceptors (Lipinski definition) is 3. The van der Waals surface area contributed by atoms with Crippen LogP contribution in [0.25, 0.3) is 0 Å². The molecule has 2 aliphatic carbocycles. The molecule has 3 rings (SSSR count). The van der Waals surface area contributed by atoms with Gasteiger partial charge < -0.3 is 9.88 Å². The van der Waals surface area contributed by atoms with E-state index >= 15 is 0 Å². The lowest BCUT2D eigenvalue weighted by atomic mass is 10.2. The molecule has 2 aliphatic rings. The second-order valence-electron chi connectivity index (χ2n) is 5.15. The number of nitrogens with zero attached hydrogens (tertiary/aromatic N) is 2. The summed E-state index contributed by atoms with van der Waals surface area (Å²) in [7, 11) is 0. The molecule has 0 spiro atoms. The van der Waals surface area contributed by atoms with Crippen LogP contribution >= 0.6 is 0 Å². The van der Waals surface area contributed by atoms with Crippen LogP contribution in [0.3, 0.4) is 0 Å². The summed E-state index contributed by atoms with van der Waals surface area (Å²) >= 11 is 0. The molecule has 4 nitrogen and oxygen atoms in total. The molecule has 1 fully saturated rings. The van der Waals surface area contributed by atoms with E-state index in [4.69, 9.17) is 0 Å². The largest absolute Gasteiger partial charge is 0.365 e. The third-order valence-corrected chi connectivity index (χ3v) is 3.68. The summed E-state index contributed by atoms with van der Waals surface area (Å²) in [6, 6.07) is 0.415. The van der Waals surface area contributed by atoms with E-state index < -0.39 is 0 Å². The Kier molecular flexibility index (Phi) is 3.17. The molecule has 1 N–H and O–H groups in total. The minimum absolute atomic E-state index is 0.0281. The van der Waals surface area contributed by atoms with Gasteiger partial charge in [-0.1, -0.05) is 11.6 Å². The zero-order valence-electron chi connectivity index (χ0n) is 10.6. The van der Waals surface area contributed by atoms with Crippen LogP contribution in [0, 0.1) is 0 Å². The van der Waals surface area contributed by atoms with Crippen molar-refractivity contribution in [3.05, 3.63) is 34.4 Å². The van der Waals surface area contributed by atoms with Crippen LogP contribution in [-0.4, -0.2) is 16.1 Å². The average Bonchev–Trinajstić information content (AvgIpc) is 3.09. The van der Waals surface area contributed by atoms with Gasteiger partial charge in [0.25, 0.3) is 5.56 Å². The molecular weight excluding hydrogens is 226 g/mol. The number of rotatable bonds is 5. The van der Waals surface area contributed by atoms with Crippen molar-refractivity contribution in [3.8, 4) is 0 Å². The van der Waals surface area contributed by atoms with E-state index in [1.54, 1.807) is 12.4 Å². The van der Waals surface area contributed by atoms with Gasteiger partial charge >= 0.3 is 0 Å². The quantitative estimate of drug-likeness (QED) is 0.811. The van der Waals surface area contributed by atoms with Gasteiger partial charge in [0.1, 0.15) is 0 Å². The summed E-state index contributed by atoms with van der Waals surface area (Å²) in [6.07, 6.45) is 12.8. The summed E-state index contributed by atoms with van der Waals surface area (Å²) in [6.45, 7) is 0.808. The molecule has 0 radical (unpaired) electrons. The highest BCUT2D eigenvalue weighted by Crippen LogP contribution is 2.33. The smallest absolute Gasteiger partial charge is 0.293 e. The Bertz CT molecular complexity index is 514. The molecule has 1 saturated carbocycles. The lowest BCUT2D eigenvalue weighted by molar-refractivity contribution is 0.699. The summed E-state index contributed by atoms with van der Waals surface area (Å²) in [4.78, 5) is 16.3. The van der Waals surface area contributed by atoms with E-state index in [1.807, 2.05) is 4.57 Å². The van der Waals surface area contributed by atoms with Crippen molar-refractivity contribution in [1.29, 1.82) is 0 Å². The maximum Gasteiger partial charge on any atom is 0.293 e. The van der Waals surface area contributed by atoms with Crippen molar-refractivity contribution >= 4 is 5.82 Å². The van der Waals surface area contributed by atoms with Crippen LogP contribution in [0.1, 0.15) is 44.6 Å². The van der Waals surface area contributed by atoms with Gasteiger partial charge in [-0.3, -0.25) is 4.79 Å². The second kappa shape index (κ2) is 4.96. The standard InChI is InChI=1S/C14H19N3O/c18-14-13(15-8-7-11-3-1-2-4-11)16-9-10-17(14)12-5-6-12/h3,9-10,12H,1-2,4-8H2,(H,15,16). The summed E-state index contributed by atoms with van der Waals surface area (Å²) in [5.41, 5.74) is 1.54. The van der Waals surface area contributed by atoms with E-state index in [0.29, 0.717) is 11.9 Å². The minimum Gasteiger partial charge on any atom is -0.365 e. The number of nitrogens with one attached hydrogen (secondary N) is 1. The number of aromatic nitrogens is 2. The predicted octanol–water partition coefficient (Wildman–Crippen LogP) is 2.49. The van der Waals surface area contributed by atoms with Gasteiger partial charge in [0.15, 0.2) is 5.82 Å². The molecule has 0 saturated heterocycles. The fraction of sp³-hybridized carbons (Fsp3) is 0.571. The Morgan fingerprint density at radius 2 is 2.33 bits per heavy atom. The van der Waals surface area contributed by atoms with Crippen molar-refractivity contribution in [1.82, 2.24) is 9.55 Å². The van der Waals surface area contributed by atoms with E-state index in [9.17, 15) is 4.79 Å². The molecule has 1 aromatic heterocycles. The molecule has 0 aromatic carbocycles. The monoisotopic (exact) mass is 245 g/mol. The van der Waals surface area contributed by atoms with Gasteiger partial charge in [0, 0.05) is 25.0 Å². The predicted molar refractivity (Wildman–Crippen MR) is 71.8 cm³/mol. The van der Waals surface area contributed by atoms with Crippen LogP contribution in [-0.2, 0) is 0 Å². The van der Waals surface area contributed by atoms with Gasteiger partial charge in [0.05, 0.1) is 0 Å². The molecular formula is C14H19N3O.